The molecule has 0 aromatic heterocycles. The minimum atomic E-state index is -1.04. The molecular formula is C11H13NO4. The average Bonchev–Trinajstić information content (AvgIpc) is 2.25. The lowest BCUT2D eigenvalue weighted by Gasteiger charge is -2.13. The molecular weight excluding hydrogens is 210 g/mol. The SMILES string of the molecule is CCC(Nc1cccc(C(=O)O)c1)C(=O)O. The van der Waals surface area contributed by atoms with Crippen molar-refractivity contribution in [3.8, 4) is 0 Å². The number of hydrogen-bond donors (Lipinski definition) is 3. The lowest BCUT2D eigenvalue weighted by molar-refractivity contribution is -0.137. The molecule has 0 heterocycles. The van der Waals surface area contributed by atoms with Crippen molar-refractivity contribution in [2.75, 3.05) is 5.32 Å². The molecule has 0 amide bonds. The normalized spacial score (nSPS) is 11.8. The summed E-state index contributed by atoms with van der Waals surface area (Å²) in [6.45, 7) is 1.74. The highest BCUT2D eigenvalue weighted by molar-refractivity contribution is 5.89. The van der Waals surface area contributed by atoms with E-state index in [1.807, 2.05) is 0 Å². The fourth-order valence-corrected chi connectivity index (χ4v) is 1.28. The number of anilines is 1. The number of rotatable bonds is 5. The molecule has 0 saturated carbocycles. The number of carbonyl (C=O) groups is 2. The van der Waals surface area contributed by atoms with Crippen LogP contribution in [0.5, 0.6) is 0 Å². The summed E-state index contributed by atoms with van der Waals surface area (Å²) in [7, 11) is 0. The number of nitrogens with one attached hydrogen (secondary N) is 1. The molecule has 16 heavy (non-hydrogen) atoms. The highest BCUT2D eigenvalue weighted by Gasteiger charge is 2.14. The van der Waals surface area contributed by atoms with Crippen LogP contribution in [-0.2, 0) is 4.79 Å². The maximum atomic E-state index is 10.8. The first-order valence-corrected chi connectivity index (χ1v) is 4.87. The van der Waals surface area contributed by atoms with E-state index in [-0.39, 0.29) is 5.56 Å². The van der Waals surface area contributed by atoms with Gasteiger partial charge in [-0.25, -0.2) is 9.59 Å². The van der Waals surface area contributed by atoms with Crippen LogP contribution >= 0.6 is 0 Å². The van der Waals surface area contributed by atoms with E-state index in [1.165, 1.54) is 12.1 Å². The number of hydrogen-bond acceptors (Lipinski definition) is 3. The fraction of sp³-hybridized carbons (Fsp3) is 0.273. The number of benzene rings is 1. The van der Waals surface area contributed by atoms with Crippen LogP contribution in [0, 0.1) is 0 Å². The third-order valence-electron chi connectivity index (χ3n) is 2.16. The molecule has 3 N–H and O–H groups in total. The molecule has 0 bridgehead atoms. The Bertz CT molecular complexity index is 403. The summed E-state index contributed by atoms with van der Waals surface area (Å²) in [6.07, 6.45) is 0.423. The van der Waals surface area contributed by atoms with Crippen molar-refractivity contribution in [1.29, 1.82) is 0 Å². The van der Waals surface area contributed by atoms with Gasteiger partial charge < -0.3 is 15.5 Å². The lowest BCUT2D eigenvalue weighted by atomic mass is 10.1. The summed E-state index contributed by atoms with van der Waals surface area (Å²) in [5.74, 6) is -1.99. The molecule has 1 aromatic carbocycles. The van der Waals surface area contributed by atoms with E-state index in [0.29, 0.717) is 12.1 Å². The molecule has 0 fully saturated rings. The highest BCUT2D eigenvalue weighted by atomic mass is 16.4. The average molecular weight is 223 g/mol. The Morgan fingerprint density at radius 1 is 1.38 bits per heavy atom. The molecule has 0 aliphatic heterocycles. The third-order valence-corrected chi connectivity index (χ3v) is 2.16. The lowest BCUT2D eigenvalue weighted by Crippen LogP contribution is -2.28. The van der Waals surface area contributed by atoms with E-state index >= 15 is 0 Å². The zero-order valence-corrected chi connectivity index (χ0v) is 8.80. The van der Waals surface area contributed by atoms with Gasteiger partial charge in [-0.05, 0) is 24.6 Å². The van der Waals surface area contributed by atoms with Crippen molar-refractivity contribution < 1.29 is 19.8 Å². The summed E-state index contributed by atoms with van der Waals surface area (Å²) in [4.78, 5) is 21.5. The Hall–Kier alpha value is -2.04. The van der Waals surface area contributed by atoms with Gasteiger partial charge in [-0.3, -0.25) is 0 Å². The molecule has 1 atom stereocenters. The van der Waals surface area contributed by atoms with Crippen LogP contribution in [0.15, 0.2) is 24.3 Å². The van der Waals surface area contributed by atoms with Crippen molar-refractivity contribution in [3.05, 3.63) is 29.8 Å². The van der Waals surface area contributed by atoms with Gasteiger partial charge in [-0.15, -0.1) is 0 Å². The molecule has 0 saturated heterocycles. The quantitative estimate of drug-likeness (QED) is 0.706. The Balaban J connectivity index is 2.84. The predicted octanol–water partition coefficient (Wildman–Crippen LogP) is 1.66. The van der Waals surface area contributed by atoms with E-state index in [2.05, 4.69) is 5.32 Å². The van der Waals surface area contributed by atoms with Crippen LogP contribution in [0.1, 0.15) is 23.7 Å². The zero-order valence-electron chi connectivity index (χ0n) is 8.80. The van der Waals surface area contributed by atoms with Crippen molar-refractivity contribution in [2.24, 2.45) is 0 Å². The van der Waals surface area contributed by atoms with E-state index < -0.39 is 18.0 Å². The summed E-state index contributed by atoms with van der Waals surface area (Å²) < 4.78 is 0. The minimum absolute atomic E-state index is 0.130. The molecule has 5 heteroatoms. The summed E-state index contributed by atoms with van der Waals surface area (Å²) in [5, 5.41) is 20.4. The number of carboxylic acids is 2. The maximum Gasteiger partial charge on any atom is 0.335 e. The van der Waals surface area contributed by atoms with Gasteiger partial charge in [0.1, 0.15) is 6.04 Å². The highest BCUT2D eigenvalue weighted by Crippen LogP contribution is 2.13. The largest absolute Gasteiger partial charge is 0.480 e. The number of aliphatic carboxylic acids is 1. The topological polar surface area (TPSA) is 86.6 Å². The second kappa shape index (κ2) is 5.16. The third kappa shape index (κ3) is 2.98. The molecule has 5 nitrogen and oxygen atoms in total. The van der Waals surface area contributed by atoms with Crippen molar-refractivity contribution in [2.45, 2.75) is 19.4 Å². The van der Waals surface area contributed by atoms with E-state index in [4.69, 9.17) is 10.2 Å². The van der Waals surface area contributed by atoms with Gasteiger partial charge in [0.25, 0.3) is 0 Å². The maximum absolute atomic E-state index is 10.8. The Labute approximate surface area is 92.7 Å². The van der Waals surface area contributed by atoms with E-state index in [1.54, 1.807) is 19.1 Å². The van der Waals surface area contributed by atoms with E-state index in [0.717, 1.165) is 0 Å². The second-order valence-corrected chi connectivity index (χ2v) is 3.33. The van der Waals surface area contributed by atoms with Crippen LogP contribution in [0.3, 0.4) is 0 Å². The molecule has 1 aromatic rings. The van der Waals surface area contributed by atoms with Gasteiger partial charge in [-0.1, -0.05) is 13.0 Å². The molecule has 1 rings (SSSR count). The Kier molecular flexibility index (Phi) is 3.88. The van der Waals surface area contributed by atoms with Crippen LogP contribution in [0.4, 0.5) is 5.69 Å². The van der Waals surface area contributed by atoms with Gasteiger partial charge in [-0.2, -0.15) is 0 Å². The molecule has 86 valence electrons. The number of aromatic carboxylic acids is 1. The van der Waals surface area contributed by atoms with E-state index in [9.17, 15) is 9.59 Å². The van der Waals surface area contributed by atoms with Gasteiger partial charge >= 0.3 is 11.9 Å². The number of carboxylic acid groups (broad SMARTS) is 2. The Morgan fingerprint density at radius 2 is 2.06 bits per heavy atom. The second-order valence-electron chi connectivity index (χ2n) is 3.33. The molecule has 0 radical (unpaired) electrons. The molecule has 0 aliphatic carbocycles. The van der Waals surface area contributed by atoms with Gasteiger partial charge in [0.15, 0.2) is 0 Å². The zero-order chi connectivity index (χ0) is 12.1. The monoisotopic (exact) mass is 223 g/mol. The van der Waals surface area contributed by atoms with Gasteiger partial charge in [0.05, 0.1) is 5.56 Å². The first-order valence-electron chi connectivity index (χ1n) is 4.87. The predicted molar refractivity (Wildman–Crippen MR) is 58.7 cm³/mol. The summed E-state index contributed by atoms with van der Waals surface area (Å²) >= 11 is 0. The van der Waals surface area contributed by atoms with Crippen molar-refractivity contribution in [3.63, 3.8) is 0 Å². The minimum Gasteiger partial charge on any atom is -0.480 e. The fourth-order valence-electron chi connectivity index (χ4n) is 1.28. The van der Waals surface area contributed by atoms with Crippen molar-refractivity contribution in [1.82, 2.24) is 0 Å². The Morgan fingerprint density at radius 3 is 2.56 bits per heavy atom. The van der Waals surface area contributed by atoms with Gasteiger partial charge in [0, 0.05) is 5.69 Å². The first kappa shape index (κ1) is 12.0. The molecule has 0 aliphatic rings. The van der Waals surface area contributed by atoms with Gasteiger partial charge in [0.2, 0.25) is 0 Å². The van der Waals surface area contributed by atoms with Crippen molar-refractivity contribution >= 4 is 17.6 Å². The molecule has 1 unspecified atom stereocenters. The summed E-state index contributed by atoms with van der Waals surface area (Å²) in [5.41, 5.74) is 0.624. The summed E-state index contributed by atoms with van der Waals surface area (Å²) in [6, 6.07) is 5.37. The van der Waals surface area contributed by atoms with Crippen LogP contribution in [0.25, 0.3) is 0 Å². The molecule has 0 spiro atoms. The van der Waals surface area contributed by atoms with Crippen LogP contribution < -0.4 is 5.32 Å². The van der Waals surface area contributed by atoms with Crippen LogP contribution in [0.2, 0.25) is 0 Å². The smallest absolute Gasteiger partial charge is 0.335 e. The van der Waals surface area contributed by atoms with Crippen LogP contribution in [-0.4, -0.2) is 28.2 Å². The first-order chi connectivity index (χ1) is 7.54. The standard InChI is InChI=1S/C11H13NO4/c1-2-9(11(15)16)12-8-5-3-4-7(6-8)10(13)14/h3-6,9,12H,2H2,1H3,(H,13,14)(H,15,16).